The van der Waals surface area contributed by atoms with Crippen LogP contribution in [0.25, 0.3) is 22.5 Å². The summed E-state index contributed by atoms with van der Waals surface area (Å²) in [4.78, 5) is 4.20. The zero-order valence-electron chi connectivity index (χ0n) is 13.9. The van der Waals surface area contributed by atoms with Gasteiger partial charge in [-0.1, -0.05) is 16.8 Å². The van der Waals surface area contributed by atoms with E-state index in [4.69, 9.17) is 25.6 Å². The number of aromatic nitrogens is 2. The number of aromatic hydroxyl groups is 1. The van der Waals surface area contributed by atoms with Crippen molar-refractivity contribution >= 4 is 22.7 Å². The van der Waals surface area contributed by atoms with Crippen LogP contribution in [0.2, 0.25) is 0 Å². The largest absolute Gasteiger partial charge is 0.502 e. The lowest BCUT2D eigenvalue weighted by Crippen LogP contribution is -1.90. The van der Waals surface area contributed by atoms with Gasteiger partial charge in [0.1, 0.15) is 10.8 Å². The Morgan fingerprint density at radius 2 is 1.77 bits per heavy atom. The minimum atomic E-state index is -0.356. The third-order valence-corrected chi connectivity index (χ3v) is 3.80. The average molecular weight is 377 g/mol. The van der Waals surface area contributed by atoms with Gasteiger partial charge >= 0.3 is 0 Å². The summed E-state index contributed by atoms with van der Waals surface area (Å²) < 4.78 is 28.4. The molecule has 0 spiro atoms. The molecule has 0 saturated carbocycles. The second kappa shape index (κ2) is 7.45. The molecule has 0 aliphatic rings. The predicted octanol–water partition coefficient (Wildman–Crippen LogP) is 4.34. The zero-order chi connectivity index (χ0) is 18.7. The maximum absolute atomic E-state index is 13.0. The minimum Gasteiger partial charge on any atom is -0.502 e. The molecule has 0 saturated heterocycles. The van der Waals surface area contributed by atoms with Crippen molar-refractivity contribution in [3.8, 4) is 28.6 Å². The van der Waals surface area contributed by atoms with Crippen molar-refractivity contribution in [2.75, 3.05) is 14.2 Å². The molecule has 0 atom stereocenters. The number of hydrogen-bond donors (Lipinski definition) is 1. The highest BCUT2D eigenvalue weighted by Crippen LogP contribution is 2.38. The Morgan fingerprint density at radius 3 is 2.35 bits per heavy atom. The fourth-order valence-corrected chi connectivity index (χ4v) is 2.44. The topological polar surface area (TPSA) is 77.6 Å². The van der Waals surface area contributed by atoms with E-state index in [2.05, 4.69) is 10.1 Å². The number of phenolic OH excluding ortho intramolecular Hbond substituents is 1. The Kier molecular flexibility index (Phi) is 5.09. The van der Waals surface area contributed by atoms with Crippen molar-refractivity contribution in [3.05, 3.63) is 53.7 Å². The standard InChI is InChI=1S/C18H14ClFN2O4/c1-24-14-8-10(9-15(25-2)16(14)23)7-13(19)18-21-17(22-26-18)11-3-5-12(20)6-4-11/h3-9,23H,1-2H3/b13-7-. The normalized spacial score (nSPS) is 11.5. The van der Waals surface area contributed by atoms with Crippen LogP contribution in [0.4, 0.5) is 4.39 Å². The second-order valence-electron chi connectivity index (χ2n) is 5.20. The number of nitrogens with zero attached hydrogens (tertiary/aromatic N) is 2. The summed E-state index contributed by atoms with van der Waals surface area (Å²) in [5, 5.41) is 14.0. The molecule has 134 valence electrons. The van der Waals surface area contributed by atoms with E-state index in [9.17, 15) is 9.50 Å². The van der Waals surface area contributed by atoms with Crippen LogP contribution < -0.4 is 9.47 Å². The lowest BCUT2D eigenvalue weighted by atomic mass is 10.1. The summed E-state index contributed by atoms with van der Waals surface area (Å²) in [6, 6.07) is 8.85. The van der Waals surface area contributed by atoms with E-state index >= 15 is 0 Å². The number of halogens is 2. The van der Waals surface area contributed by atoms with Crippen LogP contribution in [0, 0.1) is 5.82 Å². The first-order valence-corrected chi connectivity index (χ1v) is 7.82. The summed E-state index contributed by atoms with van der Waals surface area (Å²) >= 11 is 6.26. The van der Waals surface area contributed by atoms with Crippen molar-refractivity contribution in [1.82, 2.24) is 10.1 Å². The van der Waals surface area contributed by atoms with Gasteiger partial charge in [-0.3, -0.25) is 0 Å². The van der Waals surface area contributed by atoms with E-state index in [1.165, 1.54) is 38.5 Å². The molecule has 1 aromatic heterocycles. The lowest BCUT2D eigenvalue weighted by Gasteiger charge is -2.09. The number of methoxy groups -OCH3 is 2. The molecule has 0 radical (unpaired) electrons. The lowest BCUT2D eigenvalue weighted by molar-refractivity contribution is 0.340. The molecule has 8 heteroatoms. The van der Waals surface area contributed by atoms with E-state index in [1.807, 2.05) is 0 Å². The third-order valence-electron chi connectivity index (χ3n) is 3.53. The van der Waals surface area contributed by atoms with Gasteiger partial charge in [0.05, 0.1) is 14.2 Å². The van der Waals surface area contributed by atoms with Gasteiger partial charge in [0.2, 0.25) is 11.6 Å². The first-order chi connectivity index (χ1) is 12.5. The Balaban J connectivity index is 1.92. The van der Waals surface area contributed by atoms with E-state index < -0.39 is 0 Å². The smallest absolute Gasteiger partial charge is 0.269 e. The van der Waals surface area contributed by atoms with Crippen LogP contribution in [0.1, 0.15) is 11.5 Å². The highest BCUT2D eigenvalue weighted by molar-refractivity contribution is 6.50. The van der Waals surface area contributed by atoms with Crippen molar-refractivity contribution in [3.63, 3.8) is 0 Å². The Bertz CT molecular complexity index is 929. The first-order valence-electron chi connectivity index (χ1n) is 7.44. The molecular weight excluding hydrogens is 363 g/mol. The number of benzene rings is 2. The maximum Gasteiger partial charge on any atom is 0.269 e. The number of hydrogen-bond acceptors (Lipinski definition) is 6. The Hall–Kier alpha value is -3.06. The molecule has 6 nitrogen and oxygen atoms in total. The molecule has 1 heterocycles. The molecule has 0 fully saturated rings. The molecule has 0 bridgehead atoms. The van der Waals surface area contributed by atoms with Gasteiger partial charge in [-0.15, -0.1) is 0 Å². The summed E-state index contributed by atoms with van der Waals surface area (Å²) in [6.07, 6.45) is 1.56. The predicted molar refractivity (Wildman–Crippen MR) is 94.6 cm³/mol. The highest BCUT2D eigenvalue weighted by atomic mass is 35.5. The second-order valence-corrected chi connectivity index (χ2v) is 5.60. The van der Waals surface area contributed by atoms with Crippen LogP contribution in [0.3, 0.4) is 0 Å². The monoisotopic (exact) mass is 376 g/mol. The highest BCUT2D eigenvalue weighted by Gasteiger charge is 2.14. The van der Waals surface area contributed by atoms with Crippen LogP contribution in [-0.4, -0.2) is 29.5 Å². The van der Waals surface area contributed by atoms with Crippen LogP contribution >= 0.6 is 11.6 Å². The zero-order valence-corrected chi connectivity index (χ0v) is 14.6. The molecule has 3 rings (SSSR count). The summed E-state index contributed by atoms with van der Waals surface area (Å²) in [5.41, 5.74) is 1.20. The van der Waals surface area contributed by atoms with Crippen molar-refractivity contribution < 1.29 is 23.5 Å². The van der Waals surface area contributed by atoms with Crippen molar-refractivity contribution in [2.24, 2.45) is 0 Å². The molecule has 3 aromatic rings. The van der Waals surface area contributed by atoms with Gasteiger partial charge in [-0.2, -0.15) is 4.98 Å². The Labute approximate surface area is 153 Å². The molecule has 2 aromatic carbocycles. The maximum atomic E-state index is 13.0. The minimum absolute atomic E-state index is 0.0944. The molecule has 26 heavy (non-hydrogen) atoms. The van der Waals surface area contributed by atoms with E-state index in [0.29, 0.717) is 11.1 Å². The first kappa shape index (κ1) is 17.8. The number of rotatable bonds is 5. The fraction of sp³-hybridized carbons (Fsp3) is 0.111. The molecule has 1 N–H and O–H groups in total. The van der Waals surface area contributed by atoms with Crippen LogP contribution in [0.5, 0.6) is 17.2 Å². The number of phenols is 1. The van der Waals surface area contributed by atoms with E-state index in [0.717, 1.165) is 0 Å². The molecular formula is C18H14ClFN2O4. The molecule has 0 aliphatic carbocycles. The van der Waals surface area contributed by atoms with Gasteiger partial charge in [0, 0.05) is 5.56 Å². The molecule has 0 unspecified atom stereocenters. The van der Waals surface area contributed by atoms with Gasteiger partial charge in [0.15, 0.2) is 11.5 Å². The molecule has 0 aliphatic heterocycles. The third kappa shape index (κ3) is 3.62. The summed E-state index contributed by atoms with van der Waals surface area (Å²) in [5.74, 6) is 0.380. The van der Waals surface area contributed by atoms with Crippen molar-refractivity contribution in [2.45, 2.75) is 0 Å². The summed E-state index contributed by atoms with van der Waals surface area (Å²) in [7, 11) is 2.85. The van der Waals surface area contributed by atoms with Crippen LogP contribution in [-0.2, 0) is 0 Å². The van der Waals surface area contributed by atoms with E-state index in [1.54, 1.807) is 18.2 Å². The SMILES string of the molecule is COc1cc(/C=C(\Cl)c2nc(-c3ccc(F)cc3)no2)cc(OC)c1O. The van der Waals surface area contributed by atoms with Gasteiger partial charge in [-0.25, -0.2) is 4.39 Å². The fourth-order valence-electron chi connectivity index (χ4n) is 2.24. The van der Waals surface area contributed by atoms with Gasteiger partial charge < -0.3 is 19.1 Å². The van der Waals surface area contributed by atoms with Crippen LogP contribution in [0.15, 0.2) is 40.9 Å². The van der Waals surface area contributed by atoms with E-state index in [-0.39, 0.29) is 39.8 Å². The number of ether oxygens (including phenoxy) is 2. The van der Waals surface area contributed by atoms with Crippen molar-refractivity contribution in [1.29, 1.82) is 0 Å². The van der Waals surface area contributed by atoms with Gasteiger partial charge in [-0.05, 0) is 48.0 Å². The summed E-state index contributed by atoms with van der Waals surface area (Å²) in [6.45, 7) is 0. The van der Waals surface area contributed by atoms with Gasteiger partial charge in [0.25, 0.3) is 5.89 Å². The quantitative estimate of drug-likeness (QED) is 0.714. The Morgan fingerprint density at radius 1 is 1.15 bits per heavy atom. The average Bonchev–Trinajstić information content (AvgIpc) is 3.13. The molecule has 0 amide bonds.